The van der Waals surface area contributed by atoms with Crippen LogP contribution < -0.4 is 0 Å². The molecule has 18 heavy (non-hydrogen) atoms. The number of hydrogen-bond donors (Lipinski definition) is 0. The molecule has 0 saturated carbocycles. The lowest BCUT2D eigenvalue weighted by Crippen LogP contribution is -2.09. The number of aryl methyl sites for hydroxylation is 3. The van der Waals surface area contributed by atoms with Crippen LogP contribution in [0, 0.1) is 13.8 Å². The molecule has 94 valence electrons. The van der Waals surface area contributed by atoms with Gasteiger partial charge in [0.2, 0.25) is 0 Å². The molecule has 0 atom stereocenters. The summed E-state index contributed by atoms with van der Waals surface area (Å²) in [6, 6.07) is 6.70. The van der Waals surface area contributed by atoms with Crippen LogP contribution >= 0.6 is 0 Å². The Morgan fingerprint density at radius 1 is 1.17 bits per heavy atom. The Morgan fingerprint density at radius 3 is 2.89 bits per heavy atom. The van der Waals surface area contributed by atoms with E-state index in [4.69, 9.17) is 0 Å². The second-order valence-corrected chi connectivity index (χ2v) is 5.40. The molecule has 1 aromatic carbocycles. The molecule has 0 saturated heterocycles. The van der Waals surface area contributed by atoms with E-state index in [0.717, 1.165) is 13.0 Å². The van der Waals surface area contributed by atoms with E-state index in [9.17, 15) is 0 Å². The lowest BCUT2D eigenvalue weighted by atomic mass is 10.0. The third kappa shape index (κ3) is 2.07. The van der Waals surface area contributed by atoms with Crippen molar-refractivity contribution in [3.63, 3.8) is 0 Å². The van der Waals surface area contributed by atoms with E-state index >= 15 is 0 Å². The third-order valence-electron chi connectivity index (χ3n) is 3.96. The van der Waals surface area contributed by atoms with Crippen molar-refractivity contribution in [1.29, 1.82) is 0 Å². The van der Waals surface area contributed by atoms with Crippen LogP contribution in [0.2, 0.25) is 0 Å². The van der Waals surface area contributed by atoms with Gasteiger partial charge in [0.15, 0.2) is 0 Å². The van der Waals surface area contributed by atoms with Crippen molar-refractivity contribution in [2.45, 2.75) is 46.1 Å². The van der Waals surface area contributed by atoms with Crippen LogP contribution in [-0.4, -0.2) is 9.55 Å². The van der Waals surface area contributed by atoms with Gasteiger partial charge in [-0.3, -0.25) is 0 Å². The Hall–Kier alpha value is -1.57. The first-order chi connectivity index (χ1) is 8.74. The van der Waals surface area contributed by atoms with Gasteiger partial charge in [0.05, 0.1) is 12.0 Å². The van der Waals surface area contributed by atoms with E-state index in [0.29, 0.717) is 0 Å². The Labute approximate surface area is 109 Å². The minimum absolute atomic E-state index is 0.968. The molecule has 2 heteroatoms. The molecule has 0 fully saturated rings. The van der Waals surface area contributed by atoms with E-state index < -0.39 is 0 Å². The second kappa shape index (κ2) is 4.60. The zero-order valence-electron chi connectivity index (χ0n) is 11.2. The summed E-state index contributed by atoms with van der Waals surface area (Å²) in [6.07, 6.45) is 6.99. The number of rotatable bonds is 2. The average Bonchev–Trinajstić information content (AvgIpc) is 2.78. The fourth-order valence-corrected chi connectivity index (χ4v) is 2.82. The first kappa shape index (κ1) is 11.5. The number of aromatic nitrogens is 2. The van der Waals surface area contributed by atoms with Crippen molar-refractivity contribution in [2.75, 3.05) is 0 Å². The Bertz CT molecular complexity index is 566. The molecule has 1 heterocycles. The zero-order chi connectivity index (χ0) is 12.5. The van der Waals surface area contributed by atoms with Gasteiger partial charge >= 0.3 is 0 Å². The van der Waals surface area contributed by atoms with Gasteiger partial charge < -0.3 is 4.57 Å². The van der Waals surface area contributed by atoms with Crippen LogP contribution in [0.15, 0.2) is 24.5 Å². The Balaban J connectivity index is 1.92. The average molecular weight is 240 g/mol. The summed E-state index contributed by atoms with van der Waals surface area (Å²) < 4.78 is 2.34. The van der Waals surface area contributed by atoms with Crippen LogP contribution in [0.1, 0.15) is 40.9 Å². The molecule has 0 aliphatic heterocycles. The molecule has 2 nitrogen and oxygen atoms in total. The Kier molecular flexibility index (Phi) is 2.94. The largest absolute Gasteiger partial charge is 0.330 e. The fourth-order valence-electron chi connectivity index (χ4n) is 2.82. The van der Waals surface area contributed by atoms with E-state index in [-0.39, 0.29) is 0 Å². The molecule has 0 spiro atoms. The molecular formula is C16H20N2. The number of benzene rings is 1. The van der Waals surface area contributed by atoms with Crippen molar-refractivity contribution in [3.8, 4) is 0 Å². The molecule has 2 aromatic rings. The summed E-state index contributed by atoms with van der Waals surface area (Å²) in [4.78, 5) is 4.57. The predicted molar refractivity (Wildman–Crippen MR) is 73.9 cm³/mol. The number of fused-ring (bicyclic) bond motifs is 1. The minimum atomic E-state index is 0.968. The van der Waals surface area contributed by atoms with Crippen LogP contribution in [0.3, 0.4) is 0 Å². The topological polar surface area (TPSA) is 17.8 Å². The van der Waals surface area contributed by atoms with E-state index in [1.165, 1.54) is 47.3 Å². The van der Waals surface area contributed by atoms with E-state index in [1.54, 1.807) is 0 Å². The lowest BCUT2D eigenvalue weighted by Gasteiger charge is -2.15. The van der Waals surface area contributed by atoms with Crippen LogP contribution in [0.5, 0.6) is 0 Å². The Morgan fingerprint density at radius 2 is 2.00 bits per heavy atom. The van der Waals surface area contributed by atoms with Crippen molar-refractivity contribution in [3.05, 3.63) is 52.6 Å². The molecule has 0 bridgehead atoms. The van der Waals surface area contributed by atoms with Crippen molar-refractivity contribution >= 4 is 0 Å². The molecule has 1 aliphatic rings. The molecule has 3 rings (SSSR count). The van der Waals surface area contributed by atoms with Gasteiger partial charge in [0, 0.05) is 12.2 Å². The molecule has 1 aliphatic carbocycles. The highest BCUT2D eigenvalue weighted by Gasteiger charge is 2.15. The van der Waals surface area contributed by atoms with E-state index in [2.05, 4.69) is 41.6 Å². The number of imidazole rings is 1. The summed E-state index contributed by atoms with van der Waals surface area (Å²) in [5, 5.41) is 0. The van der Waals surface area contributed by atoms with Gasteiger partial charge in [-0.1, -0.05) is 23.8 Å². The minimum Gasteiger partial charge on any atom is -0.330 e. The molecule has 0 amide bonds. The van der Waals surface area contributed by atoms with Gasteiger partial charge in [-0.15, -0.1) is 0 Å². The smallest absolute Gasteiger partial charge is 0.0954 e. The maximum atomic E-state index is 4.57. The highest BCUT2D eigenvalue weighted by atomic mass is 15.1. The van der Waals surface area contributed by atoms with Crippen molar-refractivity contribution in [1.82, 2.24) is 9.55 Å². The van der Waals surface area contributed by atoms with Crippen LogP contribution in [0.4, 0.5) is 0 Å². The first-order valence-corrected chi connectivity index (χ1v) is 6.83. The summed E-state index contributed by atoms with van der Waals surface area (Å²) in [6.45, 7) is 5.32. The van der Waals surface area contributed by atoms with Gasteiger partial charge in [-0.25, -0.2) is 4.98 Å². The second-order valence-electron chi connectivity index (χ2n) is 5.40. The summed E-state index contributed by atoms with van der Waals surface area (Å²) in [5.41, 5.74) is 6.91. The van der Waals surface area contributed by atoms with Crippen molar-refractivity contribution < 1.29 is 0 Å². The summed E-state index contributed by atoms with van der Waals surface area (Å²) in [5.74, 6) is 0. The molecule has 0 radical (unpaired) electrons. The third-order valence-corrected chi connectivity index (χ3v) is 3.96. The van der Waals surface area contributed by atoms with Gasteiger partial charge in [0.25, 0.3) is 0 Å². The zero-order valence-corrected chi connectivity index (χ0v) is 11.2. The standard InChI is InChI=1S/C16H20N2/c1-12-7-8-13(2)14(9-12)10-18-11-17-15-5-3-4-6-16(15)18/h7-9,11H,3-6,10H2,1-2H3. The molecule has 0 unspecified atom stereocenters. The maximum Gasteiger partial charge on any atom is 0.0954 e. The van der Waals surface area contributed by atoms with Crippen LogP contribution in [0.25, 0.3) is 0 Å². The molecular weight excluding hydrogens is 220 g/mol. The number of nitrogens with zero attached hydrogens (tertiary/aromatic N) is 2. The monoisotopic (exact) mass is 240 g/mol. The van der Waals surface area contributed by atoms with Crippen LogP contribution in [-0.2, 0) is 19.4 Å². The van der Waals surface area contributed by atoms with Gasteiger partial charge in [-0.2, -0.15) is 0 Å². The fraction of sp³-hybridized carbons (Fsp3) is 0.438. The van der Waals surface area contributed by atoms with Crippen molar-refractivity contribution in [2.24, 2.45) is 0 Å². The molecule has 0 N–H and O–H groups in total. The van der Waals surface area contributed by atoms with E-state index in [1.807, 2.05) is 6.33 Å². The highest BCUT2D eigenvalue weighted by Crippen LogP contribution is 2.21. The maximum absolute atomic E-state index is 4.57. The van der Waals surface area contributed by atoms with Gasteiger partial charge in [0.1, 0.15) is 0 Å². The summed E-state index contributed by atoms with van der Waals surface area (Å²) in [7, 11) is 0. The number of hydrogen-bond acceptors (Lipinski definition) is 1. The molecule has 1 aromatic heterocycles. The highest BCUT2D eigenvalue weighted by molar-refractivity contribution is 5.31. The predicted octanol–water partition coefficient (Wildman–Crippen LogP) is 3.43. The quantitative estimate of drug-likeness (QED) is 0.786. The summed E-state index contributed by atoms with van der Waals surface area (Å²) >= 11 is 0. The first-order valence-electron chi connectivity index (χ1n) is 6.83. The van der Waals surface area contributed by atoms with Gasteiger partial charge in [-0.05, 0) is 50.7 Å². The normalized spacial score (nSPS) is 14.6. The lowest BCUT2D eigenvalue weighted by molar-refractivity contribution is 0.628. The SMILES string of the molecule is Cc1ccc(C)c(Cn2cnc3c2CCCC3)c1.